The number of nitrogens with zero attached hydrogens (tertiary/aromatic N) is 2. The number of amides is 1. The van der Waals surface area contributed by atoms with Crippen LogP contribution in [0.25, 0.3) is 0 Å². The van der Waals surface area contributed by atoms with Crippen LogP contribution in [0.4, 0.5) is 0 Å². The van der Waals surface area contributed by atoms with Crippen molar-refractivity contribution in [3.63, 3.8) is 0 Å². The van der Waals surface area contributed by atoms with Crippen molar-refractivity contribution in [2.75, 3.05) is 59.5 Å². The second-order valence-corrected chi connectivity index (χ2v) is 14.5. The van der Waals surface area contributed by atoms with Crippen LogP contribution in [0.3, 0.4) is 0 Å². The molecule has 0 bridgehead atoms. The second kappa shape index (κ2) is 36.5. The molecule has 0 fully saturated rings. The van der Waals surface area contributed by atoms with Gasteiger partial charge in [-0.3, -0.25) is 14.4 Å². The van der Waals surface area contributed by atoms with Gasteiger partial charge in [0.1, 0.15) is 0 Å². The molecule has 0 aromatic heterocycles. The van der Waals surface area contributed by atoms with Crippen molar-refractivity contribution in [2.45, 2.75) is 154 Å². The first kappa shape index (κ1) is 46.2. The van der Waals surface area contributed by atoms with E-state index < -0.39 is 0 Å². The molecular weight excluding hydrogens is 621 g/mol. The Morgan fingerprint density at radius 1 is 0.500 bits per heavy atom. The molecule has 280 valence electrons. The lowest BCUT2D eigenvalue weighted by Crippen LogP contribution is -2.34. The van der Waals surface area contributed by atoms with E-state index in [-0.39, 0.29) is 11.9 Å². The number of esters is 2. The van der Waals surface area contributed by atoms with E-state index in [2.05, 4.69) is 57.7 Å². The van der Waals surface area contributed by atoms with Crippen LogP contribution in [0.5, 0.6) is 0 Å². The quantitative estimate of drug-likeness (QED) is 0.0371. The molecule has 0 saturated carbocycles. The van der Waals surface area contributed by atoms with Gasteiger partial charge in [-0.1, -0.05) is 88.5 Å². The molecule has 0 radical (unpaired) electrons. The van der Waals surface area contributed by atoms with Crippen LogP contribution in [0, 0.1) is 0 Å². The zero-order valence-electron chi connectivity index (χ0n) is 31.7. The maximum atomic E-state index is 13.0. The fraction of sp³-hybridized carbons (Fsp3) is 0.825. The van der Waals surface area contributed by atoms with Crippen molar-refractivity contribution < 1.29 is 23.9 Å². The van der Waals surface area contributed by atoms with E-state index >= 15 is 0 Å². The van der Waals surface area contributed by atoms with E-state index in [0.29, 0.717) is 24.5 Å². The first-order valence-corrected chi connectivity index (χ1v) is 20.5. The Hall–Kier alpha value is -1.80. The van der Waals surface area contributed by atoms with Gasteiger partial charge in [0.2, 0.25) is 5.91 Å². The zero-order valence-corrected chi connectivity index (χ0v) is 32.5. The minimum atomic E-state index is -0.103. The van der Waals surface area contributed by atoms with Crippen molar-refractivity contribution in [1.82, 2.24) is 9.80 Å². The zero-order chi connectivity index (χ0) is 35.3. The molecule has 1 amide bonds. The SMILES string of the molecule is COC(=O)CCCCCC=CCCCCCCCCN(CCCCCCCCC=CCCCCCC(=O)OC)C(=O)CSCCN(C)C. The molecule has 0 aromatic carbocycles. The van der Waals surface area contributed by atoms with E-state index in [1.165, 1.54) is 78.4 Å². The highest BCUT2D eigenvalue weighted by atomic mass is 32.2. The summed E-state index contributed by atoms with van der Waals surface area (Å²) in [6.45, 7) is 2.83. The fourth-order valence-corrected chi connectivity index (χ4v) is 6.49. The molecule has 0 aliphatic carbocycles. The maximum absolute atomic E-state index is 13.0. The average molecular weight is 695 g/mol. The van der Waals surface area contributed by atoms with Gasteiger partial charge in [0.15, 0.2) is 0 Å². The molecule has 0 saturated heterocycles. The lowest BCUT2D eigenvalue weighted by Gasteiger charge is -2.23. The molecule has 0 rings (SSSR count). The van der Waals surface area contributed by atoms with Crippen LogP contribution >= 0.6 is 11.8 Å². The van der Waals surface area contributed by atoms with Crippen molar-refractivity contribution in [3.05, 3.63) is 24.3 Å². The highest BCUT2D eigenvalue weighted by molar-refractivity contribution is 7.99. The van der Waals surface area contributed by atoms with E-state index in [1.807, 2.05) is 0 Å². The van der Waals surface area contributed by atoms with Gasteiger partial charge in [-0.05, 0) is 91.1 Å². The summed E-state index contributed by atoms with van der Waals surface area (Å²) in [5.41, 5.74) is 0. The Balaban J connectivity index is 3.99. The fourth-order valence-electron chi connectivity index (χ4n) is 5.50. The molecule has 7 nitrogen and oxygen atoms in total. The molecule has 8 heteroatoms. The van der Waals surface area contributed by atoms with Crippen LogP contribution in [-0.2, 0) is 23.9 Å². The third kappa shape index (κ3) is 34.1. The third-order valence-electron chi connectivity index (χ3n) is 8.65. The van der Waals surface area contributed by atoms with Gasteiger partial charge in [-0.25, -0.2) is 0 Å². The number of allylic oxidation sites excluding steroid dienone is 4. The second-order valence-electron chi connectivity index (χ2n) is 13.4. The Bertz CT molecular complexity index is 765. The average Bonchev–Trinajstić information content (AvgIpc) is 3.08. The molecule has 0 unspecified atom stereocenters. The largest absolute Gasteiger partial charge is 0.469 e. The van der Waals surface area contributed by atoms with Crippen LogP contribution in [-0.4, -0.2) is 87.1 Å². The van der Waals surface area contributed by atoms with Crippen LogP contribution in [0.2, 0.25) is 0 Å². The Morgan fingerprint density at radius 3 is 1.23 bits per heavy atom. The number of unbranched alkanes of at least 4 members (excludes halogenated alkanes) is 18. The first-order chi connectivity index (χ1) is 23.4. The molecule has 0 atom stereocenters. The van der Waals surface area contributed by atoms with Gasteiger partial charge >= 0.3 is 11.9 Å². The number of carbonyl (C=O) groups excluding carboxylic acids is 3. The van der Waals surface area contributed by atoms with Gasteiger partial charge in [-0.2, -0.15) is 11.8 Å². The third-order valence-corrected chi connectivity index (χ3v) is 9.57. The summed E-state index contributed by atoms with van der Waals surface area (Å²) in [6, 6.07) is 0. The minimum Gasteiger partial charge on any atom is -0.469 e. The standard InChI is InChI=1S/C40H74N2O5S/c1-41(2)35-36-48-37-38(43)42(33-29-25-21-17-13-9-5-7-11-15-19-23-27-31-39(44)46-3)34-30-26-22-18-14-10-6-8-12-16-20-24-28-32-40(45)47-4/h7-8,11-12H,5-6,9-10,13-37H2,1-4H3. The molecule has 0 aliphatic rings. The smallest absolute Gasteiger partial charge is 0.305 e. The Morgan fingerprint density at radius 2 is 0.854 bits per heavy atom. The summed E-state index contributed by atoms with van der Waals surface area (Å²) in [4.78, 5) is 39.6. The first-order valence-electron chi connectivity index (χ1n) is 19.3. The molecular formula is C40H74N2O5S. The number of hydrogen-bond acceptors (Lipinski definition) is 7. The molecule has 0 aliphatic heterocycles. The van der Waals surface area contributed by atoms with Crippen molar-refractivity contribution in [3.8, 4) is 0 Å². The van der Waals surface area contributed by atoms with E-state index in [0.717, 1.165) is 102 Å². The highest BCUT2D eigenvalue weighted by Gasteiger charge is 2.13. The van der Waals surface area contributed by atoms with Gasteiger partial charge in [-0.15, -0.1) is 0 Å². The summed E-state index contributed by atoms with van der Waals surface area (Å²) in [5, 5.41) is 0. The highest BCUT2D eigenvalue weighted by Crippen LogP contribution is 2.13. The predicted octanol–water partition coefficient (Wildman–Crippen LogP) is 9.93. The summed E-state index contributed by atoms with van der Waals surface area (Å²) in [7, 11) is 7.07. The summed E-state index contributed by atoms with van der Waals surface area (Å²) < 4.78 is 9.36. The van der Waals surface area contributed by atoms with Crippen molar-refractivity contribution >= 4 is 29.6 Å². The van der Waals surface area contributed by atoms with E-state index in [4.69, 9.17) is 0 Å². The minimum absolute atomic E-state index is 0.103. The van der Waals surface area contributed by atoms with Crippen LogP contribution in [0.1, 0.15) is 154 Å². The molecule has 48 heavy (non-hydrogen) atoms. The van der Waals surface area contributed by atoms with Gasteiger partial charge in [0, 0.05) is 38.2 Å². The normalized spacial score (nSPS) is 11.6. The van der Waals surface area contributed by atoms with E-state index in [9.17, 15) is 14.4 Å². The van der Waals surface area contributed by atoms with Crippen molar-refractivity contribution in [2.24, 2.45) is 0 Å². The summed E-state index contributed by atoms with van der Waals surface area (Å²) in [6.07, 6.45) is 36.0. The maximum Gasteiger partial charge on any atom is 0.305 e. The monoisotopic (exact) mass is 695 g/mol. The number of hydrogen-bond donors (Lipinski definition) is 0. The predicted molar refractivity (Wildman–Crippen MR) is 206 cm³/mol. The Labute approximate surface area is 300 Å². The van der Waals surface area contributed by atoms with Gasteiger partial charge in [0.25, 0.3) is 0 Å². The molecule has 0 heterocycles. The molecule has 0 aromatic rings. The topological polar surface area (TPSA) is 76.1 Å². The molecule has 0 spiro atoms. The molecule has 0 N–H and O–H groups in total. The van der Waals surface area contributed by atoms with Crippen LogP contribution < -0.4 is 0 Å². The lowest BCUT2D eigenvalue weighted by atomic mass is 10.1. The summed E-state index contributed by atoms with van der Waals surface area (Å²) in [5.74, 6) is 1.73. The van der Waals surface area contributed by atoms with Crippen molar-refractivity contribution in [1.29, 1.82) is 0 Å². The Kier molecular flexibility index (Phi) is 35.1. The van der Waals surface area contributed by atoms with Gasteiger partial charge < -0.3 is 19.3 Å². The number of rotatable bonds is 35. The van der Waals surface area contributed by atoms with Crippen LogP contribution in [0.15, 0.2) is 24.3 Å². The number of methoxy groups -OCH3 is 2. The number of carbonyl (C=O) groups is 3. The van der Waals surface area contributed by atoms with Gasteiger partial charge in [0.05, 0.1) is 20.0 Å². The lowest BCUT2D eigenvalue weighted by molar-refractivity contribution is -0.141. The summed E-state index contributed by atoms with van der Waals surface area (Å²) >= 11 is 1.77. The number of ether oxygens (including phenoxy) is 2. The van der Waals surface area contributed by atoms with E-state index in [1.54, 1.807) is 11.8 Å². The number of thioether (sulfide) groups is 1.